The molecule has 2 aliphatic rings. The summed E-state index contributed by atoms with van der Waals surface area (Å²) in [7, 11) is 0. The van der Waals surface area contributed by atoms with E-state index in [0.717, 1.165) is 11.3 Å². The highest BCUT2D eigenvalue weighted by atomic mass is 32.1. The van der Waals surface area contributed by atoms with Crippen LogP contribution in [0.2, 0.25) is 0 Å². The number of carbonyl (C=O) groups excluding carboxylic acids is 2. The van der Waals surface area contributed by atoms with Crippen LogP contribution in [0.5, 0.6) is 17.2 Å². The van der Waals surface area contributed by atoms with Crippen molar-refractivity contribution in [3.8, 4) is 17.2 Å². The molecule has 0 spiro atoms. The number of rotatable bonds is 6. The topological polar surface area (TPSA) is 141 Å². The first-order valence-corrected chi connectivity index (χ1v) is 13.2. The van der Waals surface area contributed by atoms with E-state index in [9.17, 15) is 24.8 Å². The van der Waals surface area contributed by atoms with Crippen molar-refractivity contribution in [3.63, 3.8) is 0 Å². The van der Waals surface area contributed by atoms with E-state index in [1.54, 1.807) is 36.4 Å². The highest BCUT2D eigenvalue weighted by Gasteiger charge is 2.48. The number of hydrogen-bond acceptors (Lipinski definition) is 10. The molecule has 1 fully saturated rings. The molecule has 1 saturated heterocycles. The van der Waals surface area contributed by atoms with Crippen molar-refractivity contribution < 1.29 is 33.8 Å². The van der Waals surface area contributed by atoms with E-state index in [1.165, 1.54) is 29.2 Å². The van der Waals surface area contributed by atoms with Gasteiger partial charge in [-0.2, -0.15) is 0 Å². The Balaban J connectivity index is 1.53. The summed E-state index contributed by atoms with van der Waals surface area (Å²) in [5, 5.41) is 23.2. The number of nitro groups is 1. The monoisotopic (exact) mass is 559 g/mol. The Morgan fingerprint density at radius 1 is 1.12 bits per heavy atom. The summed E-state index contributed by atoms with van der Waals surface area (Å²) in [6, 6.07) is 14.4. The molecule has 0 radical (unpaired) electrons. The molecule has 3 aromatic carbocycles. The molecule has 3 heterocycles. The van der Waals surface area contributed by atoms with Crippen molar-refractivity contribution in [1.82, 2.24) is 4.98 Å². The Morgan fingerprint density at radius 3 is 2.70 bits per heavy atom. The maximum atomic E-state index is 13.5. The number of nitro benzene ring substituents is 1. The predicted octanol–water partition coefficient (Wildman–Crippen LogP) is 5.00. The number of Topliss-reactive ketones (excluding diaryl/α,β-unsaturated/α-hetero) is 1. The molecule has 0 bridgehead atoms. The zero-order valence-electron chi connectivity index (χ0n) is 21.0. The van der Waals surface area contributed by atoms with Crippen molar-refractivity contribution in [2.75, 3.05) is 24.7 Å². The van der Waals surface area contributed by atoms with Crippen LogP contribution in [0.25, 0.3) is 16.0 Å². The molecule has 1 aromatic heterocycles. The second-order valence-electron chi connectivity index (χ2n) is 8.94. The number of hydrogen-bond donors (Lipinski definition) is 1. The van der Waals surface area contributed by atoms with Crippen LogP contribution in [-0.4, -0.2) is 46.5 Å². The van der Waals surface area contributed by atoms with Gasteiger partial charge in [-0.1, -0.05) is 23.5 Å². The molecule has 40 heavy (non-hydrogen) atoms. The molecule has 1 atom stereocenters. The van der Waals surface area contributed by atoms with E-state index in [0.29, 0.717) is 47.3 Å². The quantitative estimate of drug-likeness (QED) is 0.114. The van der Waals surface area contributed by atoms with Gasteiger partial charge in [-0.3, -0.25) is 24.6 Å². The zero-order valence-corrected chi connectivity index (χ0v) is 21.8. The molecular weight excluding hydrogens is 538 g/mol. The molecule has 11 nitrogen and oxygen atoms in total. The van der Waals surface area contributed by atoms with Gasteiger partial charge in [0.15, 0.2) is 16.6 Å². The number of amides is 1. The molecule has 0 unspecified atom stereocenters. The molecule has 0 saturated carbocycles. The summed E-state index contributed by atoms with van der Waals surface area (Å²) in [5.41, 5.74) is 0.615. The Kier molecular flexibility index (Phi) is 6.31. The van der Waals surface area contributed by atoms with Crippen molar-refractivity contribution in [1.29, 1.82) is 0 Å². The summed E-state index contributed by atoms with van der Waals surface area (Å²) < 4.78 is 17.4. The number of aliphatic hydroxyl groups excluding tert-OH is 1. The first-order valence-electron chi connectivity index (χ1n) is 12.3. The van der Waals surface area contributed by atoms with Crippen LogP contribution in [0, 0.1) is 10.1 Å². The van der Waals surface area contributed by atoms with E-state index < -0.39 is 28.4 Å². The summed E-state index contributed by atoms with van der Waals surface area (Å²) in [4.78, 5) is 43.8. The van der Waals surface area contributed by atoms with E-state index in [2.05, 4.69) is 4.98 Å². The van der Waals surface area contributed by atoms with E-state index in [1.807, 2.05) is 6.92 Å². The molecule has 6 rings (SSSR count). The van der Waals surface area contributed by atoms with Gasteiger partial charge in [0.25, 0.3) is 11.5 Å². The van der Waals surface area contributed by atoms with Crippen LogP contribution in [-0.2, 0) is 9.59 Å². The van der Waals surface area contributed by atoms with Crippen molar-refractivity contribution in [3.05, 3.63) is 87.5 Å². The molecule has 202 valence electrons. The van der Waals surface area contributed by atoms with E-state index in [4.69, 9.17) is 14.2 Å². The molecule has 4 aromatic rings. The largest absolute Gasteiger partial charge is 0.507 e. The second-order valence-corrected chi connectivity index (χ2v) is 9.95. The highest BCUT2D eigenvalue weighted by molar-refractivity contribution is 7.22. The Labute approximate surface area is 231 Å². The number of ketones is 1. The van der Waals surface area contributed by atoms with Gasteiger partial charge in [-0.15, -0.1) is 0 Å². The van der Waals surface area contributed by atoms with Crippen LogP contribution in [0.4, 0.5) is 10.8 Å². The van der Waals surface area contributed by atoms with E-state index >= 15 is 0 Å². The smallest absolute Gasteiger partial charge is 0.301 e. The number of non-ortho nitro benzene ring substituents is 1. The van der Waals surface area contributed by atoms with Gasteiger partial charge in [0.1, 0.15) is 24.7 Å². The minimum atomic E-state index is -1.18. The lowest BCUT2D eigenvalue weighted by atomic mass is 9.95. The van der Waals surface area contributed by atoms with Crippen LogP contribution in [0.15, 0.2) is 66.2 Å². The van der Waals surface area contributed by atoms with Gasteiger partial charge < -0.3 is 19.3 Å². The number of carbonyl (C=O) groups is 2. The molecular formula is C28H21N3O8S. The predicted molar refractivity (Wildman–Crippen MR) is 146 cm³/mol. The third-order valence-electron chi connectivity index (χ3n) is 6.52. The van der Waals surface area contributed by atoms with Crippen LogP contribution in [0.1, 0.15) is 24.1 Å². The van der Waals surface area contributed by atoms with Gasteiger partial charge in [0.05, 0.1) is 33.4 Å². The molecule has 12 heteroatoms. The van der Waals surface area contributed by atoms with Crippen LogP contribution >= 0.6 is 11.3 Å². The Morgan fingerprint density at radius 2 is 1.93 bits per heavy atom. The highest BCUT2D eigenvalue weighted by Crippen LogP contribution is 2.45. The number of nitrogens with zero attached hydrogens (tertiary/aromatic N) is 3. The second kappa shape index (κ2) is 9.97. The fourth-order valence-corrected chi connectivity index (χ4v) is 5.77. The van der Waals surface area contributed by atoms with Crippen LogP contribution in [0.3, 0.4) is 0 Å². The maximum Gasteiger partial charge on any atom is 0.301 e. The molecule has 0 aliphatic carbocycles. The number of ether oxygens (including phenoxy) is 3. The fourth-order valence-electron chi connectivity index (χ4n) is 4.75. The average molecular weight is 560 g/mol. The standard InChI is InChI=1S/C28H21N3O8S/c1-2-37-18-7-8-19-22(14-18)40-28(29-19)30-24(15-4-3-5-17(12-15)31(35)36)23(26(33)27(30)34)25(32)16-6-9-20-21(13-16)39-11-10-38-20/h3-9,12-14,24,32H,2,10-11H2,1H3/b25-23+/t24-/m1/s1. The van der Waals surface area contributed by atoms with Crippen LogP contribution < -0.4 is 19.1 Å². The normalized spacial score (nSPS) is 17.8. The summed E-state index contributed by atoms with van der Waals surface area (Å²) in [6.45, 7) is 3.03. The molecule has 1 N–H and O–H groups in total. The van der Waals surface area contributed by atoms with Gasteiger partial charge in [0.2, 0.25) is 0 Å². The lowest BCUT2D eigenvalue weighted by Gasteiger charge is -2.23. The maximum absolute atomic E-state index is 13.5. The lowest BCUT2D eigenvalue weighted by molar-refractivity contribution is -0.384. The first kappa shape index (κ1) is 25.3. The SMILES string of the molecule is CCOc1ccc2nc(N3C(=O)C(=O)/C(=C(/O)c4ccc5c(c4)OCCO5)[C@H]3c3cccc([N+](=O)[O-])c3)sc2c1. The first-order chi connectivity index (χ1) is 19.4. The molecule has 1 amide bonds. The third kappa shape index (κ3) is 4.28. The minimum absolute atomic E-state index is 0.198. The minimum Gasteiger partial charge on any atom is -0.507 e. The lowest BCUT2D eigenvalue weighted by Crippen LogP contribution is -2.29. The number of aromatic nitrogens is 1. The number of aliphatic hydroxyl groups is 1. The third-order valence-corrected chi connectivity index (χ3v) is 7.54. The Hall–Kier alpha value is -4.97. The average Bonchev–Trinajstić information content (AvgIpc) is 3.50. The van der Waals surface area contributed by atoms with Gasteiger partial charge in [0, 0.05) is 17.7 Å². The van der Waals surface area contributed by atoms with E-state index in [-0.39, 0.29) is 27.5 Å². The summed E-state index contributed by atoms with van der Waals surface area (Å²) in [6.07, 6.45) is 0. The van der Waals surface area contributed by atoms with Crippen molar-refractivity contribution in [2.24, 2.45) is 0 Å². The number of anilines is 1. The van der Waals surface area contributed by atoms with Crippen molar-refractivity contribution in [2.45, 2.75) is 13.0 Å². The number of benzene rings is 3. The fraction of sp³-hybridized carbons (Fsp3) is 0.179. The van der Waals surface area contributed by atoms with Gasteiger partial charge >= 0.3 is 5.91 Å². The summed E-state index contributed by atoms with van der Waals surface area (Å²) in [5.74, 6) is -0.819. The molecule has 2 aliphatic heterocycles. The van der Waals surface area contributed by atoms with Gasteiger partial charge in [-0.25, -0.2) is 4.98 Å². The zero-order chi connectivity index (χ0) is 28.0. The summed E-state index contributed by atoms with van der Waals surface area (Å²) >= 11 is 1.16. The van der Waals surface area contributed by atoms with Gasteiger partial charge in [-0.05, 0) is 48.9 Å². The Bertz CT molecular complexity index is 1730. The number of thiazole rings is 1. The number of fused-ring (bicyclic) bond motifs is 2. The van der Waals surface area contributed by atoms with Crippen molar-refractivity contribution >= 4 is 49.8 Å².